The summed E-state index contributed by atoms with van der Waals surface area (Å²) >= 11 is 0. The Balaban J connectivity index is 1.84. The van der Waals surface area contributed by atoms with E-state index in [4.69, 9.17) is 4.98 Å². The van der Waals surface area contributed by atoms with Crippen LogP contribution in [0.3, 0.4) is 0 Å². The number of rotatable bonds is 5. The smallest absolute Gasteiger partial charge is 0.337 e. The van der Waals surface area contributed by atoms with Crippen LogP contribution in [0.25, 0.3) is 10.9 Å². The van der Waals surface area contributed by atoms with Crippen LogP contribution in [0.2, 0.25) is 0 Å². The second-order valence-corrected chi connectivity index (χ2v) is 8.28. The number of carbonyl (C=O) groups is 1. The Morgan fingerprint density at radius 2 is 1.93 bits per heavy atom. The first-order chi connectivity index (χ1) is 14.4. The number of carboxylic acid groups (broad SMARTS) is 1. The Bertz CT molecular complexity index is 1180. The third kappa shape index (κ3) is 3.58. The number of aromatic carboxylic acids is 1. The predicted molar refractivity (Wildman–Crippen MR) is 118 cm³/mol. The van der Waals surface area contributed by atoms with Crippen LogP contribution in [-0.2, 0) is 7.05 Å². The normalized spacial score (nSPS) is 15.4. The molecule has 0 bridgehead atoms. The summed E-state index contributed by atoms with van der Waals surface area (Å²) < 4.78 is 1.71. The molecule has 1 aliphatic rings. The monoisotopic (exact) mass is 405 g/mol. The van der Waals surface area contributed by atoms with Crippen molar-refractivity contribution >= 4 is 22.6 Å². The fraction of sp³-hybridized carbons (Fsp3) is 0.375. The fourth-order valence-corrected chi connectivity index (χ4v) is 4.55. The highest BCUT2D eigenvalue weighted by Gasteiger charge is 2.24. The lowest BCUT2D eigenvalue weighted by molar-refractivity contribution is 0.0698. The van der Waals surface area contributed by atoms with Gasteiger partial charge in [0.05, 0.1) is 22.5 Å². The van der Waals surface area contributed by atoms with Crippen molar-refractivity contribution in [1.82, 2.24) is 9.55 Å². The van der Waals surface area contributed by atoms with Gasteiger partial charge in [-0.3, -0.25) is 9.36 Å². The topological polar surface area (TPSA) is 84.2 Å². The average molecular weight is 405 g/mol. The van der Waals surface area contributed by atoms with Gasteiger partial charge in [0.2, 0.25) is 0 Å². The van der Waals surface area contributed by atoms with Gasteiger partial charge < -0.3 is 10.4 Å². The SMILES string of the molecule is Cc1cc([C@@H](C)Nc2ccccc2C(=O)O)c2nc(C3CCCC3)n(C)c(=O)c2c1. The summed E-state index contributed by atoms with van der Waals surface area (Å²) in [5.74, 6) is 0.195. The molecular formula is C24H27N3O3. The van der Waals surface area contributed by atoms with Gasteiger partial charge in [0, 0.05) is 24.2 Å². The molecule has 30 heavy (non-hydrogen) atoms. The second kappa shape index (κ2) is 7.94. The standard InChI is InChI=1S/C24H27N3O3/c1-14-12-18(15(2)25-20-11-7-6-10-17(20)24(29)30)21-19(13-14)23(28)27(3)22(26-21)16-8-4-5-9-16/h6-7,10-13,15-16,25H,4-5,8-9H2,1-3H3,(H,29,30)/t15-/m1/s1. The van der Waals surface area contributed by atoms with Crippen LogP contribution in [0.15, 0.2) is 41.2 Å². The van der Waals surface area contributed by atoms with Gasteiger partial charge >= 0.3 is 5.97 Å². The van der Waals surface area contributed by atoms with E-state index < -0.39 is 5.97 Å². The molecule has 2 N–H and O–H groups in total. The van der Waals surface area contributed by atoms with E-state index in [2.05, 4.69) is 5.32 Å². The zero-order valence-electron chi connectivity index (χ0n) is 17.6. The molecule has 0 saturated heterocycles. The molecule has 156 valence electrons. The van der Waals surface area contributed by atoms with Crippen molar-refractivity contribution in [3.63, 3.8) is 0 Å². The second-order valence-electron chi connectivity index (χ2n) is 8.28. The number of benzene rings is 2. The number of carboxylic acids is 1. The van der Waals surface area contributed by atoms with Crippen LogP contribution < -0.4 is 10.9 Å². The van der Waals surface area contributed by atoms with Gasteiger partial charge in [-0.05, 0) is 50.5 Å². The number of aromatic nitrogens is 2. The highest BCUT2D eigenvalue weighted by Crippen LogP contribution is 2.34. The lowest BCUT2D eigenvalue weighted by Gasteiger charge is -2.21. The third-order valence-corrected chi connectivity index (χ3v) is 6.11. The van der Waals surface area contributed by atoms with Gasteiger partial charge in [-0.1, -0.05) is 31.0 Å². The number of fused-ring (bicyclic) bond motifs is 1. The van der Waals surface area contributed by atoms with Crippen LogP contribution in [0.5, 0.6) is 0 Å². The van der Waals surface area contributed by atoms with Gasteiger partial charge in [0.15, 0.2) is 0 Å². The minimum absolute atomic E-state index is 0.0232. The summed E-state index contributed by atoms with van der Waals surface area (Å²) in [5, 5.41) is 13.4. The lowest BCUT2D eigenvalue weighted by Crippen LogP contribution is -2.25. The molecule has 1 fully saturated rings. The first kappa shape index (κ1) is 20.1. The van der Waals surface area contributed by atoms with Crippen molar-refractivity contribution in [2.45, 2.75) is 51.5 Å². The first-order valence-electron chi connectivity index (χ1n) is 10.5. The Morgan fingerprint density at radius 3 is 2.63 bits per heavy atom. The van der Waals surface area contributed by atoms with Crippen molar-refractivity contribution < 1.29 is 9.90 Å². The molecule has 1 aromatic heterocycles. The third-order valence-electron chi connectivity index (χ3n) is 6.11. The molecule has 0 radical (unpaired) electrons. The van der Waals surface area contributed by atoms with E-state index in [1.165, 1.54) is 12.8 Å². The molecule has 3 aromatic rings. The van der Waals surface area contributed by atoms with Gasteiger partial charge in [-0.25, -0.2) is 9.78 Å². The average Bonchev–Trinajstić information content (AvgIpc) is 3.25. The maximum absolute atomic E-state index is 13.2. The zero-order chi connectivity index (χ0) is 21.4. The van der Waals surface area contributed by atoms with Crippen molar-refractivity contribution in [3.05, 3.63) is 69.3 Å². The maximum Gasteiger partial charge on any atom is 0.337 e. The van der Waals surface area contributed by atoms with Gasteiger partial charge in [0.25, 0.3) is 5.56 Å². The molecule has 1 atom stereocenters. The minimum atomic E-state index is -0.977. The van der Waals surface area contributed by atoms with Crippen molar-refractivity contribution in [2.24, 2.45) is 7.05 Å². The van der Waals surface area contributed by atoms with E-state index in [1.54, 1.807) is 22.8 Å². The number of nitrogens with zero attached hydrogens (tertiary/aromatic N) is 2. The van der Waals surface area contributed by atoms with Crippen molar-refractivity contribution in [2.75, 3.05) is 5.32 Å². The molecule has 0 amide bonds. The Hall–Kier alpha value is -3.15. The van der Waals surface area contributed by atoms with Crippen molar-refractivity contribution in [3.8, 4) is 0 Å². The number of anilines is 1. The highest BCUT2D eigenvalue weighted by atomic mass is 16.4. The number of aryl methyl sites for hydroxylation is 1. The van der Waals surface area contributed by atoms with Gasteiger partial charge in [-0.15, -0.1) is 0 Å². The van der Waals surface area contributed by atoms with E-state index in [-0.39, 0.29) is 17.2 Å². The maximum atomic E-state index is 13.2. The van der Waals surface area contributed by atoms with Gasteiger partial charge in [0.1, 0.15) is 5.82 Å². The molecule has 4 rings (SSSR count). The first-order valence-corrected chi connectivity index (χ1v) is 10.5. The Kier molecular flexibility index (Phi) is 5.33. The molecule has 6 nitrogen and oxygen atoms in total. The molecule has 0 spiro atoms. The molecular weight excluding hydrogens is 378 g/mol. The fourth-order valence-electron chi connectivity index (χ4n) is 4.55. The number of para-hydroxylation sites is 1. The Morgan fingerprint density at radius 1 is 1.23 bits per heavy atom. The minimum Gasteiger partial charge on any atom is -0.478 e. The Labute approximate surface area is 175 Å². The quantitative estimate of drug-likeness (QED) is 0.639. The van der Waals surface area contributed by atoms with E-state index in [0.29, 0.717) is 22.5 Å². The molecule has 1 aliphatic carbocycles. The van der Waals surface area contributed by atoms with Crippen LogP contribution >= 0.6 is 0 Å². The van der Waals surface area contributed by atoms with E-state index in [0.717, 1.165) is 29.8 Å². The molecule has 1 saturated carbocycles. The van der Waals surface area contributed by atoms with Crippen LogP contribution in [0.4, 0.5) is 5.69 Å². The molecule has 6 heteroatoms. The molecule has 1 heterocycles. The molecule has 2 aromatic carbocycles. The van der Waals surface area contributed by atoms with E-state index >= 15 is 0 Å². The predicted octanol–water partition coefficient (Wildman–Crippen LogP) is 4.77. The summed E-state index contributed by atoms with van der Waals surface area (Å²) in [6.45, 7) is 3.94. The number of hydrogen-bond acceptors (Lipinski definition) is 4. The zero-order valence-corrected chi connectivity index (χ0v) is 17.6. The summed E-state index contributed by atoms with van der Waals surface area (Å²) in [7, 11) is 1.81. The summed E-state index contributed by atoms with van der Waals surface area (Å²) in [5.41, 5.74) is 3.33. The van der Waals surface area contributed by atoms with E-state index in [9.17, 15) is 14.7 Å². The largest absolute Gasteiger partial charge is 0.478 e. The lowest BCUT2D eigenvalue weighted by atomic mass is 9.99. The molecule has 0 unspecified atom stereocenters. The van der Waals surface area contributed by atoms with Crippen LogP contribution in [-0.4, -0.2) is 20.6 Å². The van der Waals surface area contributed by atoms with Crippen LogP contribution in [0, 0.1) is 6.92 Å². The molecule has 0 aliphatic heterocycles. The van der Waals surface area contributed by atoms with Crippen molar-refractivity contribution in [1.29, 1.82) is 0 Å². The van der Waals surface area contributed by atoms with Crippen LogP contribution in [0.1, 0.15) is 71.9 Å². The van der Waals surface area contributed by atoms with E-state index in [1.807, 2.05) is 39.1 Å². The summed E-state index contributed by atoms with van der Waals surface area (Å²) in [6, 6.07) is 10.6. The number of hydrogen-bond donors (Lipinski definition) is 2. The highest BCUT2D eigenvalue weighted by molar-refractivity contribution is 5.94. The number of nitrogens with one attached hydrogen (secondary N) is 1. The summed E-state index contributed by atoms with van der Waals surface area (Å²) in [4.78, 5) is 29.7. The summed E-state index contributed by atoms with van der Waals surface area (Å²) in [6.07, 6.45) is 4.46. The van der Waals surface area contributed by atoms with Gasteiger partial charge in [-0.2, -0.15) is 0 Å².